The first-order valence-electron chi connectivity index (χ1n) is 7.71. The molecule has 0 bridgehead atoms. The van der Waals surface area contributed by atoms with Crippen LogP contribution in [0.25, 0.3) is 0 Å². The molecule has 6 heteroatoms. The lowest BCUT2D eigenvalue weighted by Crippen LogP contribution is -2.35. The number of aromatic nitrogens is 1. The highest BCUT2D eigenvalue weighted by Crippen LogP contribution is 2.13. The Morgan fingerprint density at radius 3 is 2.52 bits per heavy atom. The zero-order valence-electron chi connectivity index (χ0n) is 13.7. The Bertz CT molecular complexity index is 696. The maximum absolute atomic E-state index is 12.3. The summed E-state index contributed by atoms with van der Waals surface area (Å²) in [6.07, 6.45) is 1.98. The number of benzene rings is 1. The van der Waals surface area contributed by atoms with Crippen molar-refractivity contribution in [1.82, 2.24) is 8.87 Å². The van der Waals surface area contributed by atoms with E-state index in [4.69, 9.17) is 4.74 Å². The Kier molecular flexibility index (Phi) is 6.38. The third kappa shape index (κ3) is 4.92. The van der Waals surface area contributed by atoms with Crippen molar-refractivity contribution in [3.05, 3.63) is 59.9 Å². The predicted octanol–water partition coefficient (Wildman–Crippen LogP) is 2.33. The molecule has 0 aliphatic rings. The molecule has 0 N–H and O–H groups in total. The summed E-state index contributed by atoms with van der Waals surface area (Å²) in [5.41, 5.74) is 2.16. The van der Waals surface area contributed by atoms with Crippen LogP contribution in [0.5, 0.6) is 0 Å². The SMILES string of the molecule is CCS(=O)(=O)N(CCOC)Cc1cccn1Cc1ccccc1. The van der Waals surface area contributed by atoms with Gasteiger partial charge in [-0.1, -0.05) is 30.3 Å². The Balaban J connectivity index is 2.16. The van der Waals surface area contributed by atoms with Crippen molar-refractivity contribution in [2.75, 3.05) is 26.0 Å². The summed E-state index contributed by atoms with van der Waals surface area (Å²) in [4.78, 5) is 0. The molecule has 0 unspecified atom stereocenters. The second-order valence-corrected chi connectivity index (χ2v) is 7.60. The molecule has 0 radical (unpaired) electrons. The van der Waals surface area contributed by atoms with Crippen molar-refractivity contribution < 1.29 is 13.2 Å². The van der Waals surface area contributed by atoms with Gasteiger partial charge in [0.1, 0.15) is 0 Å². The summed E-state index contributed by atoms with van der Waals surface area (Å²) >= 11 is 0. The fourth-order valence-corrected chi connectivity index (χ4v) is 3.45. The van der Waals surface area contributed by atoms with Gasteiger partial charge in [0, 0.05) is 32.1 Å². The number of rotatable bonds is 9. The summed E-state index contributed by atoms with van der Waals surface area (Å²) in [5.74, 6) is 0.0934. The third-order valence-electron chi connectivity index (χ3n) is 3.76. The van der Waals surface area contributed by atoms with Crippen molar-refractivity contribution in [3.63, 3.8) is 0 Å². The maximum atomic E-state index is 12.3. The van der Waals surface area contributed by atoms with Crippen molar-refractivity contribution >= 4 is 10.0 Å². The smallest absolute Gasteiger partial charge is 0.214 e. The number of sulfonamides is 1. The second kappa shape index (κ2) is 8.29. The predicted molar refractivity (Wildman–Crippen MR) is 91.7 cm³/mol. The fraction of sp³-hybridized carbons (Fsp3) is 0.412. The summed E-state index contributed by atoms with van der Waals surface area (Å²) in [6, 6.07) is 14.0. The monoisotopic (exact) mass is 336 g/mol. The van der Waals surface area contributed by atoms with Gasteiger partial charge in [-0.15, -0.1) is 0 Å². The lowest BCUT2D eigenvalue weighted by Gasteiger charge is -2.22. The highest BCUT2D eigenvalue weighted by Gasteiger charge is 2.21. The Morgan fingerprint density at radius 1 is 1.13 bits per heavy atom. The molecule has 0 aliphatic heterocycles. The van der Waals surface area contributed by atoms with Crippen LogP contribution in [-0.2, 0) is 27.8 Å². The van der Waals surface area contributed by atoms with Crippen molar-refractivity contribution in [3.8, 4) is 0 Å². The molecular weight excluding hydrogens is 312 g/mol. The molecule has 0 fully saturated rings. The normalized spacial score (nSPS) is 12.0. The van der Waals surface area contributed by atoms with E-state index in [9.17, 15) is 8.42 Å². The van der Waals surface area contributed by atoms with Crippen LogP contribution < -0.4 is 0 Å². The van der Waals surface area contributed by atoms with Crippen molar-refractivity contribution in [1.29, 1.82) is 0 Å². The molecule has 1 aromatic carbocycles. The first-order chi connectivity index (χ1) is 11.1. The highest BCUT2D eigenvalue weighted by atomic mass is 32.2. The van der Waals surface area contributed by atoms with Crippen LogP contribution in [0.2, 0.25) is 0 Å². The molecule has 0 saturated heterocycles. The third-order valence-corrected chi connectivity index (χ3v) is 5.59. The number of ether oxygens (including phenoxy) is 1. The quantitative estimate of drug-likeness (QED) is 0.706. The van der Waals surface area contributed by atoms with Crippen LogP contribution in [0.1, 0.15) is 18.2 Å². The average molecular weight is 336 g/mol. The van der Waals surface area contributed by atoms with Gasteiger partial charge in [0.15, 0.2) is 0 Å². The number of hydrogen-bond acceptors (Lipinski definition) is 3. The Hall–Kier alpha value is -1.63. The number of hydrogen-bond donors (Lipinski definition) is 0. The van der Waals surface area contributed by atoms with Crippen molar-refractivity contribution in [2.45, 2.75) is 20.0 Å². The van der Waals surface area contributed by atoms with Gasteiger partial charge < -0.3 is 9.30 Å². The molecule has 23 heavy (non-hydrogen) atoms. The van der Waals surface area contributed by atoms with Gasteiger partial charge in [-0.3, -0.25) is 0 Å². The van der Waals surface area contributed by atoms with Gasteiger partial charge in [-0.2, -0.15) is 4.31 Å². The maximum Gasteiger partial charge on any atom is 0.214 e. The van der Waals surface area contributed by atoms with Gasteiger partial charge in [0.25, 0.3) is 0 Å². The molecule has 0 atom stereocenters. The lowest BCUT2D eigenvalue weighted by molar-refractivity contribution is 0.177. The molecule has 1 aromatic heterocycles. The van der Waals surface area contributed by atoms with E-state index in [0.29, 0.717) is 19.7 Å². The van der Waals surface area contributed by atoms with E-state index in [1.807, 2.05) is 36.5 Å². The molecule has 5 nitrogen and oxygen atoms in total. The zero-order valence-corrected chi connectivity index (χ0v) is 14.5. The molecule has 0 amide bonds. The Morgan fingerprint density at radius 2 is 1.87 bits per heavy atom. The average Bonchev–Trinajstić information content (AvgIpc) is 2.99. The summed E-state index contributed by atoms with van der Waals surface area (Å²) < 4.78 is 33.1. The fourth-order valence-electron chi connectivity index (χ4n) is 2.40. The van der Waals surface area contributed by atoms with Crippen LogP contribution in [0.15, 0.2) is 48.7 Å². The van der Waals surface area contributed by atoms with E-state index in [0.717, 1.165) is 12.2 Å². The Labute approximate surface area is 138 Å². The van der Waals surface area contributed by atoms with Crippen LogP contribution in [-0.4, -0.2) is 43.3 Å². The highest BCUT2D eigenvalue weighted by molar-refractivity contribution is 7.89. The van der Waals surface area contributed by atoms with E-state index in [1.165, 1.54) is 9.87 Å². The summed E-state index contributed by atoms with van der Waals surface area (Å²) in [7, 11) is -1.68. The van der Waals surface area contributed by atoms with Crippen LogP contribution in [0.4, 0.5) is 0 Å². The van der Waals surface area contributed by atoms with E-state index in [-0.39, 0.29) is 5.75 Å². The van der Waals surface area contributed by atoms with Gasteiger partial charge in [-0.05, 0) is 24.6 Å². The molecule has 2 aromatic rings. The molecule has 0 saturated carbocycles. The minimum atomic E-state index is -3.26. The van der Waals surface area contributed by atoms with E-state index < -0.39 is 10.0 Å². The molecular formula is C17H24N2O3S. The minimum absolute atomic E-state index is 0.0934. The van der Waals surface area contributed by atoms with E-state index in [1.54, 1.807) is 14.0 Å². The van der Waals surface area contributed by atoms with Crippen LogP contribution >= 0.6 is 0 Å². The molecule has 0 aliphatic carbocycles. The minimum Gasteiger partial charge on any atom is -0.383 e. The lowest BCUT2D eigenvalue weighted by atomic mass is 10.2. The van der Waals surface area contributed by atoms with Gasteiger partial charge in [-0.25, -0.2) is 8.42 Å². The van der Waals surface area contributed by atoms with E-state index in [2.05, 4.69) is 16.7 Å². The number of nitrogens with zero attached hydrogens (tertiary/aromatic N) is 2. The first kappa shape index (κ1) is 17.7. The van der Waals surface area contributed by atoms with Gasteiger partial charge in [0.05, 0.1) is 18.9 Å². The molecule has 0 spiro atoms. The molecule has 126 valence electrons. The van der Waals surface area contributed by atoms with Crippen LogP contribution in [0.3, 0.4) is 0 Å². The van der Waals surface area contributed by atoms with Gasteiger partial charge >= 0.3 is 0 Å². The van der Waals surface area contributed by atoms with Gasteiger partial charge in [0.2, 0.25) is 10.0 Å². The number of methoxy groups -OCH3 is 1. The largest absolute Gasteiger partial charge is 0.383 e. The first-order valence-corrected chi connectivity index (χ1v) is 9.32. The zero-order chi connectivity index (χ0) is 16.7. The topological polar surface area (TPSA) is 51.5 Å². The summed E-state index contributed by atoms with van der Waals surface area (Å²) in [5, 5.41) is 0. The molecule has 2 rings (SSSR count). The van der Waals surface area contributed by atoms with E-state index >= 15 is 0 Å². The van der Waals surface area contributed by atoms with Crippen LogP contribution in [0, 0.1) is 0 Å². The standard InChI is InChI=1S/C17H24N2O3S/c1-3-23(20,21)19(12-13-22-2)15-17-10-7-11-18(17)14-16-8-5-4-6-9-16/h4-11H,3,12-15H2,1-2H3. The second-order valence-electron chi connectivity index (χ2n) is 5.34. The molecule has 1 heterocycles. The summed E-state index contributed by atoms with van der Waals surface area (Å²) in [6.45, 7) is 3.51. The van der Waals surface area contributed by atoms with Crippen molar-refractivity contribution in [2.24, 2.45) is 0 Å².